The van der Waals surface area contributed by atoms with E-state index in [1.807, 2.05) is 29.6 Å². The van der Waals surface area contributed by atoms with Crippen molar-refractivity contribution in [3.05, 3.63) is 29.8 Å². The van der Waals surface area contributed by atoms with Crippen molar-refractivity contribution in [1.82, 2.24) is 15.5 Å². The predicted octanol–water partition coefficient (Wildman–Crippen LogP) is 2.64. The molecule has 1 aliphatic heterocycles. The number of nitrogens with zero attached hydrogens (tertiary/aromatic N) is 1. The number of carboxylic acid groups (broad SMARTS) is 1. The normalized spacial score (nSPS) is 15.3. The SMILES string of the molecule is O=C(O)NCCc1ccc(NC2CCN(C(=O)NCC(F)(F)F)CC2)cc1. The average Bonchev–Trinajstić information content (AvgIpc) is 2.61. The highest BCUT2D eigenvalue weighted by Crippen LogP contribution is 2.18. The van der Waals surface area contributed by atoms with Crippen LogP contribution in [0.1, 0.15) is 18.4 Å². The standard InChI is InChI=1S/C17H23F3N4O3/c18-17(19,20)11-22-15(25)24-9-6-14(7-10-24)23-13-3-1-12(2-4-13)5-8-21-16(26)27/h1-4,14,21,23H,5-11H2,(H,22,25)(H,26,27). The highest BCUT2D eigenvalue weighted by Gasteiger charge is 2.30. The number of piperidine rings is 1. The molecule has 10 heteroatoms. The third kappa shape index (κ3) is 7.63. The number of likely N-dealkylation sites (tertiary alicyclic amines) is 1. The first-order chi connectivity index (χ1) is 12.7. The summed E-state index contributed by atoms with van der Waals surface area (Å²) in [5.41, 5.74) is 1.91. The smallest absolute Gasteiger partial charge is 0.405 e. The van der Waals surface area contributed by atoms with E-state index in [4.69, 9.17) is 5.11 Å². The molecule has 0 radical (unpaired) electrons. The highest BCUT2D eigenvalue weighted by molar-refractivity contribution is 5.74. The quantitative estimate of drug-likeness (QED) is 0.603. The number of halogens is 3. The van der Waals surface area contributed by atoms with E-state index in [0.717, 1.165) is 11.3 Å². The monoisotopic (exact) mass is 388 g/mol. The van der Waals surface area contributed by atoms with E-state index in [1.165, 1.54) is 4.90 Å². The minimum atomic E-state index is -4.41. The number of amides is 3. The van der Waals surface area contributed by atoms with Crippen molar-refractivity contribution in [2.45, 2.75) is 31.5 Å². The van der Waals surface area contributed by atoms with Gasteiger partial charge in [0.05, 0.1) is 0 Å². The molecule has 0 spiro atoms. The Labute approximate surface area is 154 Å². The molecule has 1 fully saturated rings. The van der Waals surface area contributed by atoms with Gasteiger partial charge in [-0.05, 0) is 37.0 Å². The fourth-order valence-electron chi connectivity index (χ4n) is 2.83. The number of nitrogens with one attached hydrogen (secondary N) is 3. The molecule has 150 valence electrons. The van der Waals surface area contributed by atoms with Crippen molar-refractivity contribution in [1.29, 1.82) is 0 Å². The lowest BCUT2D eigenvalue weighted by atomic mass is 10.0. The molecule has 0 aromatic heterocycles. The second-order valence-electron chi connectivity index (χ2n) is 6.36. The summed E-state index contributed by atoms with van der Waals surface area (Å²) >= 11 is 0. The lowest BCUT2D eigenvalue weighted by Crippen LogP contribution is -2.48. The number of hydrogen-bond acceptors (Lipinski definition) is 3. The van der Waals surface area contributed by atoms with Crippen LogP contribution in [0.4, 0.5) is 28.4 Å². The Bertz CT molecular complexity index is 629. The van der Waals surface area contributed by atoms with Crippen LogP contribution in [-0.2, 0) is 6.42 Å². The molecule has 1 heterocycles. The van der Waals surface area contributed by atoms with Gasteiger partial charge in [0.15, 0.2) is 0 Å². The van der Waals surface area contributed by atoms with Gasteiger partial charge in [0.25, 0.3) is 0 Å². The van der Waals surface area contributed by atoms with E-state index in [1.54, 1.807) is 0 Å². The van der Waals surface area contributed by atoms with Crippen molar-refractivity contribution in [3.8, 4) is 0 Å². The molecule has 1 aromatic rings. The minimum absolute atomic E-state index is 0.135. The molecule has 7 nitrogen and oxygen atoms in total. The van der Waals surface area contributed by atoms with Crippen LogP contribution in [0.2, 0.25) is 0 Å². The number of hydrogen-bond donors (Lipinski definition) is 4. The maximum Gasteiger partial charge on any atom is 0.405 e. The molecule has 0 aliphatic carbocycles. The first kappa shape index (κ1) is 20.7. The summed E-state index contributed by atoms with van der Waals surface area (Å²) in [6.07, 6.45) is -3.58. The Morgan fingerprint density at radius 1 is 1.11 bits per heavy atom. The van der Waals surface area contributed by atoms with Crippen molar-refractivity contribution in [2.24, 2.45) is 0 Å². The average molecular weight is 388 g/mol. The van der Waals surface area contributed by atoms with Gasteiger partial charge in [-0.2, -0.15) is 13.2 Å². The fraction of sp³-hybridized carbons (Fsp3) is 0.529. The first-order valence-electron chi connectivity index (χ1n) is 8.65. The van der Waals surface area contributed by atoms with Crippen molar-refractivity contribution >= 4 is 17.8 Å². The highest BCUT2D eigenvalue weighted by atomic mass is 19.4. The van der Waals surface area contributed by atoms with E-state index in [-0.39, 0.29) is 6.04 Å². The number of carbonyl (C=O) groups excluding carboxylic acids is 1. The molecule has 0 bridgehead atoms. The molecule has 1 aliphatic rings. The van der Waals surface area contributed by atoms with Gasteiger partial charge in [0, 0.05) is 31.4 Å². The molecule has 4 N–H and O–H groups in total. The lowest BCUT2D eigenvalue weighted by molar-refractivity contribution is -0.123. The fourth-order valence-corrected chi connectivity index (χ4v) is 2.83. The van der Waals surface area contributed by atoms with Crippen molar-refractivity contribution < 1.29 is 27.9 Å². The van der Waals surface area contributed by atoms with Crippen LogP contribution in [0.25, 0.3) is 0 Å². The van der Waals surface area contributed by atoms with Crippen molar-refractivity contribution in [3.63, 3.8) is 0 Å². The maximum atomic E-state index is 12.1. The lowest BCUT2D eigenvalue weighted by Gasteiger charge is -2.33. The van der Waals surface area contributed by atoms with Gasteiger partial charge in [0.2, 0.25) is 0 Å². The van der Waals surface area contributed by atoms with E-state index >= 15 is 0 Å². The third-order valence-corrected chi connectivity index (χ3v) is 4.24. The Kier molecular flexibility index (Phi) is 7.14. The molecule has 0 atom stereocenters. The van der Waals surface area contributed by atoms with Crippen LogP contribution in [0.3, 0.4) is 0 Å². The van der Waals surface area contributed by atoms with Gasteiger partial charge in [-0.15, -0.1) is 0 Å². The summed E-state index contributed by atoms with van der Waals surface area (Å²) in [6, 6.07) is 7.06. The number of rotatable bonds is 6. The zero-order valence-electron chi connectivity index (χ0n) is 14.7. The van der Waals surface area contributed by atoms with Crippen LogP contribution in [0.5, 0.6) is 0 Å². The van der Waals surface area contributed by atoms with E-state index in [2.05, 4.69) is 10.6 Å². The number of anilines is 1. The summed E-state index contributed by atoms with van der Waals surface area (Å²) in [4.78, 5) is 23.5. The molecule has 3 amide bonds. The predicted molar refractivity (Wildman–Crippen MR) is 93.8 cm³/mol. The summed E-state index contributed by atoms with van der Waals surface area (Å²) in [5.74, 6) is 0. The second-order valence-corrected chi connectivity index (χ2v) is 6.36. The van der Waals surface area contributed by atoms with Gasteiger partial charge >= 0.3 is 18.3 Å². The van der Waals surface area contributed by atoms with E-state index < -0.39 is 24.8 Å². The second kappa shape index (κ2) is 9.33. The minimum Gasteiger partial charge on any atom is -0.465 e. The van der Waals surface area contributed by atoms with E-state index in [9.17, 15) is 22.8 Å². The zero-order valence-corrected chi connectivity index (χ0v) is 14.7. The molecule has 1 saturated heterocycles. The van der Waals surface area contributed by atoms with Crippen LogP contribution in [0.15, 0.2) is 24.3 Å². The van der Waals surface area contributed by atoms with Gasteiger partial charge in [0.1, 0.15) is 6.54 Å². The Morgan fingerprint density at radius 2 is 1.74 bits per heavy atom. The summed E-state index contributed by atoms with van der Waals surface area (Å²) in [5, 5.41) is 16.1. The molecule has 2 rings (SSSR count). The van der Waals surface area contributed by atoms with Crippen LogP contribution in [-0.4, -0.2) is 60.5 Å². The molecular weight excluding hydrogens is 365 g/mol. The van der Waals surface area contributed by atoms with Crippen LogP contribution < -0.4 is 16.0 Å². The summed E-state index contributed by atoms with van der Waals surface area (Å²) in [6.45, 7) is -0.198. The first-order valence-corrected chi connectivity index (χ1v) is 8.65. The largest absolute Gasteiger partial charge is 0.465 e. The molecule has 0 unspecified atom stereocenters. The molecule has 0 saturated carbocycles. The number of carbonyl (C=O) groups is 2. The molecular formula is C17H23F3N4O3. The summed E-state index contributed by atoms with van der Waals surface area (Å²) < 4.78 is 36.4. The maximum absolute atomic E-state index is 12.1. The Morgan fingerprint density at radius 3 is 2.30 bits per heavy atom. The Hall–Kier alpha value is -2.65. The third-order valence-electron chi connectivity index (χ3n) is 4.24. The van der Waals surface area contributed by atoms with Crippen LogP contribution in [0, 0.1) is 0 Å². The van der Waals surface area contributed by atoms with Gasteiger partial charge < -0.3 is 26.0 Å². The number of benzene rings is 1. The molecule has 1 aromatic carbocycles. The number of urea groups is 1. The van der Waals surface area contributed by atoms with Gasteiger partial charge in [-0.3, -0.25) is 0 Å². The van der Waals surface area contributed by atoms with Crippen molar-refractivity contribution in [2.75, 3.05) is 31.5 Å². The van der Waals surface area contributed by atoms with E-state index in [0.29, 0.717) is 38.9 Å². The topological polar surface area (TPSA) is 93.7 Å². The molecule has 27 heavy (non-hydrogen) atoms. The van der Waals surface area contributed by atoms with Gasteiger partial charge in [-0.1, -0.05) is 12.1 Å². The number of alkyl halides is 3. The van der Waals surface area contributed by atoms with Gasteiger partial charge in [-0.25, -0.2) is 9.59 Å². The van der Waals surface area contributed by atoms with Crippen LogP contribution >= 0.6 is 0 Å². The summed E-state index contributed by atoms with van der Waals surface area (Å²) in [7, 11) is 0. The Balaban J connectivity index is 1.72. The zero-order chi connectivity index (χ0) is 19.9.